The van der Waals surface area contributed by atoms with Crippen LogP contribution in [-0.4, -0.2) is 30.1 Å². The van der Waals surface area contributed by atoms with Crippen molar-refractivity contribution < 1.29 is 5.11 Å². The van der Waals surface area contributed by atoms with E-state index >= 15 is 0 Å². The molecule has 0 saturated carbocycles. The van der Waals surface area contributed by atoms with Crippen LogP contribution < -0.4 is 11.1 Å². The highest BCUT2D eigenvalue weighted by Gasteiger charge is 2.16. The molecular weight excluding hydrogens is 232 g/mol. The number of rotatable bonds is 6. The molecule has 1 aromatic rings. The number of thioether (sulfide) groups is 1. The van der Waals surface area contributed by atoms with Crippen molar-refractivity contribution >= 4 is 11.8 Å². The van der Waals surface area contributed by atoms with E-state index in [2.05, 4.69) is 43.4 Å². The number of hydrogen-bond acceptors (Lipinski definition) is 4. The zero-order chi connectivity index (χ0) is 12.8. The predicted molar refractivity (Wildman–Crippen MR) is 74.3 cm³/mol. The predicted octanol–water partition coefficient (Wildman–Crippen LogP) is 1.77. The summed E-state index contributed by atoms with van der Waals surface area (Å²) in [5.41, 5.74) is 6.97. The Bertz CT molecular complexity index is 327. The molecule has 0 spiro atoms. The van der Waals surface area contributed by atoms with Gasteiger partial charge in [-0.25, -0.2) is 0 Å². The van der Waals surface area contributed by atoms with Crippen LogP contribution in [0, 0.1) is 0 Å². The summed E-state index contributed by atoms with van der Waals surface area (Å²) in [4.78, 5) is 1.26. The van der Waals surface area contributed by atoms with E-state index in [1.807, 2.05) is 18.8 Å². The molecule has 1 aromatic carbocycles. The van der Waals surface area contributed by atoms with Crippen molar-refractivity contribution in [1.29, 1.82) is 0 Å². The van der Waals surface area contributed by atoms with Gasteiger partial charge >= 0.3 is 0 Å². The first-order valence-electron chi connectivity index (χ1n) is 5.88. The molecule has 4 heteroatoms. The smallest absolute Gasteiger partial charge is 0.0601 e. The Hall–Kier alpha value is -0.550. The average molecular weight is 254 g/mol. The summed E-state index contributed by atoms with van der Waals surface area (Å²) in [7, 11) is 1.86. The topological polar surface area (TPSA) is 58.3 Å². The van der Waals surface area contributed by atoms with Crippen molar-refractivity contribution in [2.75, 3.05) is 13.7 Å². The van der Waals surface area contributed by atoms with E-state index < -0.39 is 0 Å². The Balaban J connectivity index is 2.77. The lowest BCUT2D eigenvalue weighted by Gasteiger charge is -2.22. The van der Waals surface area contributed by atoms with Gasteiger partial charge < -0.3 is 16.2 Å². The van der Waals surface area contributed by atoms with E-state index in [1.165, 1.54) is 4.90 Å². The maximum absolute atomic E-state index is 9.10. The van der Waals surface area contributed by atoms with Gasteiger partial charge in [0.15, 0.2) is 0 Å². The summed E-state index contributed by atoms with van der Waals surface area (Å²) in [6.45, 7) is 4.33. The molecule has 96 valence electrons. The summed E-state index contributed by atoms with van der Waals surface area (Å²) in [6, 6.07) is 8.08. The first-order chi connectivity index (χ1) is 8.08. The van der Waals surface area contributed by atoms with E-state index in [9.17, 15) is 0 Å². The van der Waals surface area contributed by atoms with Crippen molar-refractivity contribution in [3.63, 3.8) is 0 Å². The Morgan fingerprint density at radius 1 is 1.29 bits per heavy atom. The van der Waals surface area contributed by atoms with Gasteiger partial charge in [0.05, 0.1) is 6.61 Å². The van der Waals surface area contributed by atoms with Crippen molar-refractivity contribution in [1.82, 2.24) is 5.32 Å². The molecule has 0 fully saturated rings. The van der Waals surface area contributed by atoms with Crippen LogP contribution in [0.5, 0.6) is 0 Å². The first-order valence-corrected chi connectivity index (χ1v) is 6.76. The average Bonchev–Trinajstić information content (AvgIpc) is 2.31. The summed E-state index contributed by atoms with van der Waals surface area (Å²) in [6.07, 6.45) is 0. The molecule has 0 amide bonds. The van der Waals surface area contributed by atoms with Crippen LogP contribution in [0.1, 0.15) is 25.5 Å². The molecule has 0 bridgehead atoms. The molecular formula is C13H22N2OS. The highest BCUT2D eigenvalue weighted by molar-refractivity contribution is 7.99. The first kappa shape index (κ1) is 14.5. The summed E-state index contributed by atoms with van der Waals surface area (Å²) >= 11 is 1.84. The number of aliphatic hydroxyl groups is 1. The molecule has 0 aliphatic rings. The highest BCUT2D eigenvalue weighted by Crippen LogP contribution is 2.25. The lowest BCUT2D eigenvalue weighted by Crippen LogP contribution is -2.38. The number of nitrogens with two attached hydrogens (primary N) is 1. The van der Waals surface area contributed by atoms with Crippen LogP contribution in [0.15, 0.2) is 29.2 Å². The van der Waals surface area contributed by atoms with Gasteiger partial charge in [-0.2, -0.15) is 0 Å². The van der Waals surface area contributed by atoms with Gasteiger partial charge in [-0.05, 0) is 24.7 Å². The van der Waals surface area contributed by atoms with E-state index in [-0.39, 0.29) is 18.7 Å². The van der Waals surface area contributed by atoms with Crippen LogP contribution in [0.25, 0.3) is 0 Å². The minimum Gasteiger partial charge on any atom is -0.395 e. The molecule has 3 nitrogen and oxygen atoms in total. The minimum atomic E-state index is -0.274. The minimum absolute atomic E-state index is 0.00176. The largest absolute Gasteiger partial charge is 0.395 e. The van der Waals surface area contributed by atoms with Gasteiger partial charge in [-0.15, -0.1) is 11.8 Å². The van der Waals surface area contributed by atoms with Crippen LogP contribution >= 0.6 is 11.8 Å². The Kier molecular flexibility index (Phi) is 5.98. The highest BCUT2D eigenvalue weighted by atomic mass is 32.2. The Morgan fingerprint density at radius 3 is 2.29 bits per heavy atom. The maximum Gasteiger partial charge on any atom is 0.0601 e. The van der Waals surface area contributed by atoms with Crippen molar-refractivity contribution in [2.45, 2.75) is 36.1 Å². The Morgan fingerprint density at radius 2 is 1.88 bits per heavy atom. The van der Waals surface area contributed by atoms with Gasteiger partial charge in [0.2, 0.25) is 0 Å². The number of aliphatic hydroxyl groups excluding tert-OH is 1. The maximum atomic E-state index is 9.10. The normalized spacial score (nSPS) is 14.9. The van der Waals surface area contributed by atoms with Crippen LogP contribution in [0.3, 0.4) is 0 Å². The Labute approximate surface area is 108 Å². The summed E-state index contributed by atoms with van der Waals surface area (Å²) in [5, 5.41) is 12.8. The third-order valence-corrected chi connectivity index (χ3v) is 3.58. The summed E-state index contributed by atoms with van der Waals surface area (Å²) < 4.78 is 0. The fraction of sp³-hybridized carbons (Fsp3) is 0.538. The monoisotopic (exact) mass is 254 g/mol. The van der Waals surface area contributed by atoms with Gasteiger partial charge in [-0.3, -0.25) is 0 Å². The molecule has 0 saturated heterocycles. The van der Waals surface area contributed by atoms with Gasteiger partial charge in [0, 0.05) is 22.2 Å². The molecule has 1 rings (SSSR count). The number of hydrogen-bond donors (Lipinski definition) is 3. The van der Waals surface area contributed by atoms with Crippen LogP contribution in [0.2, 0.25) is 0 Å². The molecule has 0 heterocycles. The van der Waals surface area contributed by atoms with E-state index in [0.29, 0.717) is 5.25 Å². The van der Waals surface area contributed by atoms with Gasteiger partial charge in [0.25, 0.3) is 0 Å². The number of benzene rings is 1. The molecule has 0 aromatic heterocycles. The molecule has 4 N–H and O–H groups in total. The van der Waals surface area contributed by atoms with Gasteiger partial charge in [-0.1, -0.05) is 26.0 Å². The van der Waals surface area contributed by atoms with Crippen molar-refractivity contribution in [3.05, 3.63) is 29.8 Å². The lowest BCUT2D eigenvalue weighted by molar-refractivity contribution is 0.240. The fourth-order valence-corrected chi connectivity index (χ4v) is 2.60. The van der Waals surface area contributed by atoms with Crippen molar-refractivity contribution in [2.24, 2.45) is 5.73 Å². The second-order valence-electron chi connectivity index (χ2n) is 4.35. The standard InChI is InChI=1S/C13H22N2OS/c1-9(2)17-11-6-4-10(5-7-11)13(15-3)12(14)8-16/h4-7,9,12-13,15-16H,8,14H2,1-3H3. The number of nitrogens with one attached hydrogen (secondary N) is 1. The second-order valence-corrected chi connectivity index (χ2v) is 6.00. The molecule has 17 heavy (non-hydrogen) atoms. The third kappa shape index (κ3) is 4.32. The third-order valence-electron chi connectivity index (χ3n) is 2.56. The second kappa shape index (κ2) is 7.01. The van der Waals surface area contributed by atoms with Gasteiger partial charge in [0.1, 0.15) is 0 Å². The molecule has 0 radical (unpaired) electrons. The van der Waals surface area contributed by atoms with Crippen LogP contribution in [0.4, 0.5) is 0 Å². The van der Waals surface area contributed by atoms with E-state index in [4.69, 9.17) is 10.8 Å². The van der Waals surface area contributed by atoms with Crippen molar-refractivity contribution in [3.8, 4) is 0 Å². The molecule has 2 atom stereocenters. The molecule has 2 unspecified atom stereocenters. The SMILES string of the molecule is CNC(c1ccc(SC(C)C)cc1)C(N)CO. The zero-order valence-corrected chi connectivity index (χ0v) is 11.5. The molecule has 0 aliphatic carbocycles. The van der Waals surface area contributed by atoms with E-state index in [0.717, 1.165) is 5.56 Å². The summed E-state index contributed by atoms with van der Waals surface area (Å²) in [5.74, 6) is 0. The lowest BCUT2D eigenvalue weighted by atomic mass is 10.0. The molecule has 0 aliphatic heterocycles. The quantitative estimate of drug-likeness (QED) is 0.677. The van der Waals surface area contributed by atoms with E-state index in [1.54, 1.807) is 0 Å². The fourth-order valence-electron chi connectivity index (χ4n) is 1.76. The van der Waals surface area contributed by atoms with Crippen LogP contribution in [-0.2, 0) is 0 Å². The number of likely N-dealkylation sites (N-methyl/N-ethyl adjacent to an activating group) is 1. The zero-order valence-electron chi connectivity index (χ0n) is 10.7.